The molecule has 0 fully saturated rings. The molecule has 0 atom stereocenters. The van der Waals surface area contributed by atoms with Gasteiger partial charge in [0.15, 0.2) is 5.82 Å². The highest BCUT2D eigenvalue weighted by Crippen LogP contribution is 2.28. The Balaban J connectivity index is 1.99. The Kier molecular flexibility index (Phi) is 3.46. The summed E-state index contributed by atoms with van der Waals surface area (Å²) in [6, 6.07) is 12.1. The van der Waals surface area contributed by atoms with Crippen LogP contribution in [0.1, 0.15) is 0 Å². The zero-order valence-electron chi connectivity index (χ0n) is 10.3. The highest BCUT2D eigenvalue weighted by molar-refractivity contribution is 9.10. The first-order chi connectivity index (χ1) is 9.63. The van der Waals surface area contributed by atoms with E-state index >= 15 is 0 Å². The van der Waals surface area contributed by atoms with E-state index in [1.807, 2.05) is 30.3 Å². The second kappa shape index (κ2) is 5.26. The number of anilines is 3. The quantitative estimate of drug-likeness (QED) is 0.721. The third kappa shape index (κ3) is 2.55. The smallest absolute Gasteiger partial charge is 0.154 e. The fraction of sp³-hybridized carbons (Fsp3) is 0. The topological polar surface area (TPSA) is 63.8 Å². The lowest BCUT2D eigenvalue weighted by Gasteiger charge is -2.09. The van der Waals surface area contributed by atoms with Gasteiger partial charge in [0.05, 0.1) is 0 Å². The van der Waals surface area contributed by atoms with Gasteiger partial charge in [-0.2, -0.15) is 0 Å². The Hall–Kier alpha value is -1.85. The van der Waals surface area contributed by atoms with Crippen LogP contribution >= 0.6 is 27.5 Å². The van der Waals surface area contributed by atoms with Crippen molar-refractivity contribution in [2.75, 3.05) is 11.1 Å². The molecule has 2 aromatic carbocycles. The average molecular weight is 350 g/mol. The summed E-state index contributed by atoms with van der Waals surface area (Å²) >= 11 is 9.52. The zero-order chi connectivity index (χ0) is 14.1. The first-order valence-corrected chi connectivity index (χ1v) is 7.03. The molecule has 3 N–H and O–H groups in total. The van der Waals surface area contributed by atoms with E-state index in [2.05, 4.69) is 37.3 Å². The molecule has 0 spiro atoms. The summed E-state index contributed by atoms with van der Waals surface area (Å²) < 4.78 is 1.05. The van der Waals surface area contributed by atoms with E-state index in [-0.39, 0.29) is 5.82 Å². The Labute approximate surface area is 129 Å². The summed E-state index contributed by atoms with van der Waals surface area (Å²) in [5, 5.41) is 5.74. The lowest BCUT2D eigenvalue weighted by atomic mass is 10.1. The molecule has 3 rings (SSSR count). The summed E-state index contributed by atoms with van der Waals surface area (Å²) in [5.74, 6) is 0.754. The number of hydrogen-bond donors (Lipinski definition) is 2. The minimum Gasteiger partial charge on any atom is -0.382 e. The zero-order valence-corrected chi connectivity index (χ0v) is 12.6. The molecule has 1 aromatic heterocycles. The van der Waals surface area contributed by atoms with E-state index in [0.29, 0.717) is 10.8 Å². The molecular formula is C14H10BrClN4. The molecule has 0 aliphatic carbocycles. The minimum atomic E-state index is 0.258. The van der Waals surface area contributed by atoms with Crippen LogP contribution in [0.4, 0.5) is 17.3 Å². The molecule has 4 nitrogen and oxygen atoms in total. The third-order valence-electron chi connectivity index (χ3n) is 2.88. The number of rotatable bonds is 2. The molecule has 100 valence electrons. The predicted octanol–water partition coefficient (Wildman–Crippen LogP) is 4.37. The van der Waals surface area contributed by atoms with Crippen LogP contribution in [0.15, 0.2) is 47.2 Å². The summed E-state index contributed by atoms with van der Waals surface area (Å²) in [4.78, 5) is 7.92. The number of fused-ring (bicyclic) bond motifs is 1. The summed E-state index contributed by atoms with van der Waals surface area (Å²) in [6.07, 6.45) is 1.38. The van der Waals surface area contributed by atoms with Crippen molar-refractivity contribution in [3.8, 4) is 0 Å². The molecule has 0 saturated carbocycles. The van der Waals surface area contributed by atoms with Crippen molar-refractivity contribution in [1.29, 1.82) is 0 Å². The van der Waals surface area contributed by atoms with Crippen LogP contribution in [0.25, 0.3) is 10.8 Å². The van der Waals surface area contributed by atoms with Gasteiger partial charge in [0.2, 0.25) is 0 Å². The van der Waals surface area contributed by atoms with Crippen LogP contribution < -0.4 is 11.1 Å². The van der Waals surface area contributed by atoms with Crippen LogP contribution in [0, 0.1) is 0 Å². The lowest BCUT2D eigenvalue weighted by Crippen LogP contribution is -1.99. The fourth-order valence-corrected chi connectivity index (χ4v) is 2.43. The second-order valence-electron chi connectivity index (χ2n) is 4.25. The van der Waals surface area contributed by atoms with E-state index in [0.717, 1.165) is 20.9 Å². The van der Waals surface area contributed by atoms with Crippen LogP contribution in [0.5, 0.6) is 0 Å². The first-order valence-electron chi connectivity index (χ1n) is 5.86. The molecule has 0 aliphatic heterocycles. The van der Waals surface area contributed by atoms with E-state index in [9.17, 15) is 0 Å². The molecular weight excluding hydrogens is 340 g/mol. The molecule has 0 amide bonds. The van der Waals surface area contributed by atoms with E-state index in [1.165, 1.54) is 6.33 Å². The van der Waals surface area contributed by atoms with Crippen molar-refractivity contribution < 1.29 is 0 Å². The van der Waals surface area contributed by atoms with Gasteiger partial charge in [-0.15, -0.1) is 0 Å². The second-order valence-corrected chi connectivity index (χ2v) is 5.55. The first kappa shape index (κ1) is 13.1. The van der Waals surface area contributed by atoms with Crippen molar-refractivity contribution >= 4 is 55.6 Å². The van der Waals surface area contributed by atoms with Gasteiger partial charge < -0.3 is 11.1 Å². The molecule has 1 heterocycles. The number of hydrogen-bond acceptors (Lipinski definition) is 4. The monoisotopic (exact) mass is 348 g/mol. The maximum atomic E-state index is 6.06. The Bertz CT molecular complexity index is 791. The van der Waals surface area contributed by atoms with Gasteiger partial charge in [0.25, 0.3) is 0 Å². The van der Waals surface area contributed by atoms with Gasteiger partial charge >= 0.3 is 0 Å². The number of halogens is 2. The van der Waals surface area contributed by atoms with E-state index < -0.39 is 0 Å². The summed E-state index contributed by atoms with van der Waals surface area (Å²) in [5.41, 5.74) is 6.54. The molecule has 0 saturated heterocycles. The van der Waals surface area contributed by atoms with Gasteiger partial charge in [-0.3, -0.25) is 0 Å². The van der Waals surface area contributed by atoms with Gasteiger partial charge in [0.1, 0.15) is 17.2 Å². The van der Waals surface area contributed by atoms with Crippen LogP contribution in [0.3, 0.4) is 0 Å². The van der Waals surface area contributed by atoms with Crippen LogP contribution in [0.2, 0.25) is 5.02 Å². The van der Waals surface area contributed by atoms with Crippen LogP contribution in [-0.2, 0) is 0 Å². The summed E-state index contributed by atoms with van der Waals surface area (Å²) in [6.45, 7) is 0. The Morgan fingerprint density at radius 2 is 1.80 bits per heavy atom. The normalized spacial score (nSPS) is 10.7. The van der Waals surface area contributed by atoms with Crippen LogP contribution in [-0.4, -0.2) is 9.97 Å². The van der Waals surface area contributed by atoms with Crippen molar-refractivity contribution in [2.45, 2.75) is 0 Å². The lowest BCUT2D eigenvalue weighted by molar-refractivity contribution is 1.18. The van der Waals surface area contributed by atoms with Crippen molar-refractivity contribution in [3.05, 3.63) is 52.2 Å². The number of nitrogen functional groups attached to an aromatic ring is 1. The largest absolute Gasteiger partial charge is 0.382 e. The van der Waals surface area contributed by atoms with Gasteiger partial charge in [-0.25, -0.2) is 9.97 Å². The Morgan fingerprint density at radius 3 is 2.65 bits per heavy atom. The average Bonchev–Trinajstić information content (AvgIpc) is 2.44. The third-order valence-corrected chi connectivity index (χ3v) is 3.75. The van der Waals surface area contributed by atoms with Crippen molar-refractivity contribution in [1.82, 2.24) is 9.97 Å². The number of nitrogens with zero attached hydrogens (tertiary/aromatic N) is 2. The van der Waals surface area contributed by atoms with Crippen molar-refractivity contribution in [2.24, 2.45) is 0 Å². The number of aromatic nitrogens is 2. The number of benzene rings is 2. The molecule has 3 aromatic rings. The summed E-state index contributed by atoms with van der Waals surface area (Å²) in [7, 11) is 0. The maximum absolute atomic E-state index is 6.06. The Morgan fingerprint density at radius 1 is 1.05 bits per heavy atom. The fourth-order valence-electron chi connectivity index (χ4n) is 1.90. The molecule has 0 radical (unpaired) electrons. The molecule has 6 heteroatoms. The molecule has 0 aliphatic rings. The maximum Gasteiger partial charge on any atom is 0.154 e. The molecule has 0 unspecified atom stereocenters. The minimum absolute atomic E-state index is 0.258. The molecule has 20 heavy (non-hydrogen) atoms. The molecule has 0 bridgehead atoms. The SMILES string of the molecule is Nc1ncnc(Nc2ccc3cc(Br)ccc3c2)c1Cl. The number of nitrogens with two attached hydrogens (primary N) is 1. The van der Waals surface area contributed by atoms with Gasteiger partial charge in [-0.05, 0) is 35.0 Å². The van der Waals surface area contributed by atoms with Crippen molar-refractivity contribution in [3.63, 3.8) is 0 Å². The number of nitrogens with one attached hydrogen (secondary N) is 1. The van der Waals surface area contributed by atoms with E-state index in [1.54, 1.807) is 0 Å². The van der Waals surface area contributed by atoms with E-state index in [4.69, 9.17) is 17.3 Å². The standard InChI is InChI=1S/C14H10BrClN4/c15-10-3-1-9-6-11(4-2-8(9)5-10)20-14-12(16)13(17)18-7-19-14/h1-7H,(H3,17,18,19,20). The highest BCUT2D eigenvalue weighted by atomic mass is 79.9. The van der Waals surface area contributed by atoms with Gasteiger partial charge in [0, 0.05) is 10.2 Å². The predicted molar refractivity (Wildman–Crippen MR) is 86.4 cm³/mol. The van der Waals surface area contributed by atoms with Gasteiger partial charge in [-0.1, -0.05) is 39.7 Å². The highest BCUT2D eigenvalue weighted by Gasteiger charge is 2.07.